The van der Waals surface area contributed by atoms with E-state index < -0.39 is 6.10 Å². The highest BCUT2D eigenvalue weighted by Gasteiger charge is 2.13. The molecule has 2 N–H and O–H groups in total. The van der Waals surface area contributed by atoms with Crippen LogP contribution in [0.25, 0.3) is 5.69 Å². The first-order chi connectivity index (χ1) is 11.6. The Labute approximate surface area is 143 Å². The van der Waals surface area contributed by atoms with Crippen molar-refractivity contribution < 1.29 is 9.90 Å². The molecular formula is C17H15ClN4O2. The molecule has 24 heavy (non-hydrogen) atoms. The smallest absolute Gasteiger partial charge is 0.227 e. The number of aromatic nitrogens is 3. The van der Waals surface area contributed by atoms with E-state index in [1.807, 2.05) is 12.1 Å². The van der Waals surface area contributed by atoms with Crippen molar-refractivity contribution >= 4 is 23.2 Å². The lowest BCUT2D eigenvalue weighted by Crippen LogP contribution is -2.15. The van der Waals surface area contributed by atoms with Crippen LogP contribution in [0.2, 0.25) is 5.02 Å². The average molecular weight is 343 g/mol. The van der Waals surface area contributed by atoms with Gasteiger partial charge in [-0.25, -0.2) is 9.67 Å². The molecule has 0 fully saturated rings. The number of anilines is 1. The van der Waals surface area contributed by atoms with Crippen LogP contribution in [-0.4, -0.2) is 25.8 Å². The second-order valence-electron chi connectivity index (χ2n) is 5.21. The topological polar surface area (TPSA) is 80.0 Å². The highest BCUT2D eigenvalue weighted by atomic mass is 35.5. The van der Waals surface area contributed by atoms with Gasteiger partial charge in [0.2, 0.25) is 5.91 Å². The average Bonchev–Trinajstić information content (AvgIpc) is 3.10. The Morgan fingerprint density at radius 1 is 1.17 bits per heavy atom. The molecule has 1 atom stereocenters. The molecule has 1 unspecified atom stereocenters. The molecule has 0 saturated heterocycles. The Morgan fingerprint density at radius 3 is 2.50 bits per heavy atom. The first-order valence-corrected chi connectivity index (χ1v) is 7.68. The molecule has 122 valence electrons. The Kier molecular flexibility index (Phi) is 4.88. The molecule has 0 aliphatic carbocycles. The first kappa shape index (κ1) is 16.2. The minimum absolute atomic E-state index is 0.0353. The van der Waals surface area contributed by atoms with Crippen LogP contribution >= 0.6 is 11.6 Å². The Bertz CT molecular complexity index is 802. The maximum atomic E-state index is 12.1. The first-order valence-electron chi connectivity index (χ1n) is 7.30. The number of halogens is 1. The van der Waals surface area contributed by atoms with Gasteiger partial charge in [-0.3, -0.25) is 4.79 Å². The molecule has 1 amide bonds. The predicted octanol–water partition coefficient (Wildman–Crippen LogP) is 2.98. The molecular weight excluding hydrogens is 328 g/mol. The summed E-state index contributed by atoms with van der Waals surface area (Å²) in [6.45, 7) is 0. The van der Waals surface area contributed by atoms with Crippen LogP contribution in [0.4, 0.5) is 5.69 Å². The van der Waals surface area contributed by atoms with Gasteiger partial charge >= 0.3 is 0 Å². The highest BCUT2D eigenvalue weighted by Crippen LogP contribution is 2.20. The van der Waals surface area contributed by atoms with E-state index in [0.29, 0.717) is 16.3 Å². The van der Waals surface area contributed by atoms with Crippen molar-refractivity contribution in [3.05, 3.63) is 71.8 Å². The molecule has 0 saturated carbocycles. The molecule has 0 bridgehead atoms. The lowest BCUT2D eigenvalue weighted by molar-refractivity contribution is -0.118. The molecule has 1 heterocycles. The second-order valence-corrected chi connectivity index (χ2v) is 5.64. The van der Waals surface area contributed by atoms with E-state index in [4.69, 9.17) is 11.6 Å². The summed E-state index contributed by atoms with van der Waals surface area (Å²) in [6.07, 6.45) is 2.13. The van der Waals surface area contributed by atoms with Gasteiger partial charge in [-0.15, -0.1) is 0 Å². The fourth-order valence-corrected chi connectivity index (χ4v) is 2.36. The normalized spacial score (nSPS) is 11.9. The summed E-state index contributed by atoms with van der Waals surface area (Å²) in [4.78, 5) is 15.9. The third-order valence-electron chi connectivity index (χ3n) is 3.47. The van der Waals surface area contributed by atoms with Crippen LogP contribution in [0, 0.1) is 0 Å². The van der Waals surface area contributed by atoms with E-state index in [-0.39, 0.29) is 12.3 Å². The third kappa shape index (κ3) is 3.98. The maximum absolute atomic E-state index is 12.1. The standard InChI is InChI=1S/C17H15ClN4O2/c18-13-3-1-12(2-4-13)16(23)9-17(24)21-14-5-7-15(8-6-14)22-11-19-10-20-22/h1-8,10-11,16,23H,9H2,(H,21,24). The quantitative estimate of drug-likeness (QED) is 0.747. The van der Waals surface area contributed by atoms with Gasteiger partial charge < -0.3 is 10.4 Å². The maximum Gasteiger partial charge on any atom is 0.227 e. The van der Waals surface area contributed by atoms with Gasteiger partial charge in [0.15, 0.2) is 0 Å². The fourth-order valence-electron chi connectivity index (χ4n) is 2.23. The molecule has 3 aromatic rings. The summed E-state index contributed by atoms with van der Waals surface area (Å²) in [6, 6.07) is 13.9. The van der Waals surface area contributed by atoms with Crippen LogP contribution in [0.1, 0.15) is 18.1 Å². The zero-order valence-electron chi connectivity index (χ0n) is 12.6. The highest BCUT2D eigenvalue weighted by molar-refractivity contribution is 6.30. The fraction of sp³-hybridized carbons (Fsp3) is 0.118. The summed E-state index contributed by atoms with van der Waals surface area (Å²) in [5, 5.41) is 17.5. The zero-order valence-corrected chi connectivity index (χ0v) is 13.4. The van der Waals surface area contributed by atoms with Crippen molar-refractivity contribution in [1.82, 2.24) is 14.8 Å². The summed E-state index contributed by atoms with van der Waals surface area (Å²) in [5.74, 6) is -0.272. The van der Waals surface area contributed by atoms with Gasteiger partial charge in [0.05, 0.1) is 18.2 Å². The van der Waals surface area contributed by atoms with Crippen LogP contribution in [0.3, 0.4) is 0 Å². The molecule has 1 aromatic heterocycles. The number of carbonyl (C=O) groups excluding carboxylic acids is 1. The SMILES string of the molecule is O=C(CC(O)c1ccc(Cl)cc1)Nc1ccc(-n2cncn2)cc1. The molecule has 0 aliphatic heterocycles. The lowest BCUT2D eigenvalue weighted by Gasteiger charge is -2.12. The van der Waals surface area contributed by atoms with Crippen molar-refractivity contribution in [2.75, 3.05) is 5.32 Å². The van der Waals surface area contributed by atoms with Gasteiger partial charge in [-0.1, -0.05) is 23.7 Å². The van der Waals surface area contributed by atoms with E-state index in [0.717, 1.165) is 5.69 Å². The van der Waals surface area contributed by atoms with Gasteiger partial charge in [0.1, 0.15) is 12.7 Å². The third-order valence-corrected chi connectivity index (χ3v) is 3.72. The van der Waals surface area contributed by atoms with E-state index in [9.17, 15) is 9.90 Å². The van der Waals surface area contributed by atoms with E-state index in [1.165, 1.54) is 6.33 Å². The zero-order chi connectivity index (χ0) is 16.9. The molecule has 0 spiro atoms. The van der Waals surface area contributed by atoms with E-state index in [1.54, 1.807) is 47.4 Å². The number of rotatable bonds is 5. The van der Waals surface area contributed by atoms with Crippen LogP contribution < -0.4 is 5.32 Å². The second kappa shape index (κ2) is 7.25. The van der Waals surface area contributed by atoms with Crippen molar-refractivity contribution in [2.24, 2.45) is 0 Å². The molecule has 6 nitrogen and oxygen atoms in total. The summed E-state index contributed by atoms with van der Waals surface area (Å²) in [7, 11) is 0. The number of aliphatic hydroxyl groups excluding tert-OH is 1. The van der Waals surface area contributed by atoms with Gasteiger partial charge in [0.25, 0.3) is 0 Å². The number of carbonyl (C=O) groups is 1. The molecule has 3 rings (SSSR count). The lowest BCUT2D eigenvalue weighted by atomic mass is 10.1. The van der Waals surface area contributed by atoms with Crippen molar-refractivity contribution in [2.45, 2.75) is 12.5 Å². The van der Waals surface area contributed by atoms with Gasteiger partial charge in [-0.2, -0.15) is 5.10 Å². The Morgan fingerprint density at radius 2 is 1.88 bits per heavy atom. The molecule has 7 heteroatoms. The van der Waals surface area contributed by atoms with Gasteiger partial charge in [-0.05, 0) is 42.0 Å². The van der Waals surface area contributed by atoms with Crippen molar-refractivity contribution in [3.8, 4) is 5.69 Å². The molecule has 0 aliphatic rings. The summed E-state index contributed by atoms with van der Waals surface area (Å²) in [5.41, 5.74) is 2.13. The number of nitrogens with zero attached hydrogens (tertiary/aromatic N) is 3. The van der Waals surface area contributed by atoms with Crippen molar-refractivity contribution in [1.29, 1.82) is 0 Å². The minimum atomic E-state index is -0.878. The Hall–Kier alpha value is -2.70. The number of benzene rings is 2. The number of aliphatic hydroxyl groups is 1. The van der Waals surface area contributed by atoms with E-state index >= 15 is 0 Å². The Balaban J connectivity index is 1.59. The molecule has 0 radical (unpaired) electrons. The largest absolute Gasteiger partial charge is 0.388 e. The van der Waals surface area contributed by atoms with Crippen molar-refractivity contribution in [3.63, 3.8) is 0 Å². The van der Waals surface area contributed by atoms with E-state index in [2.05, 4.69) is 15.4 Å². The molecule has 2 aromatic carbocycles. The summed E-state index contributed by atoms with van der Waals surface area (Å²) < 4.78 is 1.62. The number of hydrogen-bond acceptors (Lipinski definition) is 4. The van der Waals surface area contributed by atoms with Crippen LogP contribution in [0.5, 0.6) is 0 Å². The van der Waals surface area contributed by atoms with Gasteiger partial charge in [0, 0.05) is 10.7 Å². The number of amides is 1. The van der Waals surface area contributed by atoms with Crippen LogP contribution in [0.15, 0.2) is 61.2 Å². The minimum Gasteiger partial charge on any atom is -0.388 e. The monoisotopic (exact) mass is 342 g/mol. The summed E-state index contributed by atoms with van der Waals surface area (Å²) >= 11 is 5.81. The van der Waals surface area contributed by atoms with Crippen LogP contribution in [-0.2, 0) is 4.79 Å². The predicted molar refractivity (Wildman–Crippen MR) is 91.0 cm³/mol. The number of nitrogens with one attached hydrogen (secondary N) is 1. The number of hydrogen-bond donors (Lipinski definition) is 2.